The summed E-state index contributed by atoms with van der Waals surface area (Å²) in [6, 6.07) is 11.8. The average Bonchev–Trinajstić information content (AvgIpc) is 2.77. The van der Waals surface area contributed by atoms with Gasteiger partial charge in [0.25, 0.3) is 0 Å². The lowest BCUT2D eigenvalue weighted by Crippen LogP contribution is -2.33. The highest BCUT2D eigenvalue weighted by Crippen LogP contribution is 2.45. The Labute approximate surface area is 178 Å². The van der Waals surface area contributed by atoms with Crippen molar-refractivity contribution < 1.29 is 14.3 Å². The maximum Gasteiger partial charge on any atom is 0.193 e. The number of benzene rings is 2. The molecule has 2 aromatic carbocycles. The van der Waals surface area contributed by atoms with Gasteiger partial charge in [-0.2, -0.15) is 0 Å². The van der Waals surface area contributed by atoms with Crippen molar-refractivity contribution in [1.29, 1.82) is 0 Å². The van der Waals surface area contributed by atoms with Gasteiger partial charge in [-0.3, -0.25) is 4.79 Å². The molecule has 0 N–H and O–H groups in total. The van der Waals surface area contributed by atoms with Crippen LogP contribution in [-0.2, 0) is 0 Å². The molecule has 30 heavy (non-hydrogen) atoms. The zero-order valence-corrected chi connectivity index (χ0v) is 18.0. The molecule has 4 heteroatoms. The summed E-state index contributed by atoms with van der Waals surface area (Å²) in [5, 5.41) is 0. The third-order valence-electron chi connectivity index (χ3n) is 5.67. The minimum absolute atomic E-state index is 0.122. The molecule has 0 aliphatic carbocycles. The maximum absolute atomic E-state index is 13.3. The first-order chi connectivity index (χ1) is 14.5. The molecule has 0 radical (unpaired) electrons. The van der Waals surface area contributed by atoms with E-state index in [1.54, 1.807) is 13.2 Å². The third kappa shape index (κ3) is 4.13. The third-order valence-corrected chi connectivity index (χ3v) is 5.67. The monoisotopic (exact) mass is 403 g/mol. The summed E-state index contributed by atoms with van der Waals surface area (Å²) in [5.74, 6) is 1.05. The van der Waals surface area contributed by atoms with Crippen LogP contribution < -0.4 is 14.4 Å². The predicted molar refractivity (Wildman–Crippen MR) is 123 cm³/mol. The number of ketones is 1. The number of carbonyl (C=O) groups is 1. The van der Waals surface area contributed by atoms with E-state index in [2.05, 4.69) is 17.1 Å². The number of allylic oxidation sites excluding steroid dienone is 1. The smallest absolute Gasteiger partial charge is 0.193 e. The first-order valence-corrected chi connectivity index (χ1v) is 10.6. The molecule has 156 valence electrons. The molecule has 2 aliphatic rings. The predicted octanol–water partition coefficient (Wildman–Crippen LogP) is 5.77. The largest absolute Gasteiger partial charge is 0.496 e. The number of fused-ring (bicyclic) bond motifs is 1. The van der Waals surface area contributed by atoms with E-state index in [1.165, 1.54) is 19.3 Å². The molecule has 0 spiro atoms. The van der Waals surface area contributed by atoms with Gasteiger partial charge in [0.15, 0.2) is 5.78 Å². The van der Waals surface area contributed by atoms with E-state index in [-0.39, 0.29) is 5.78 Å². The van der Waals surface area contributed by atoms with Crippen molar-refractivity contribution in [2.24, 2.45) is 0 Å². The second-order valence-electron chi connectivity index (χ2n) is 8.41. The number of hydrogen-bond donors (Lipinski definition) is 0. The Morgan fingerprint density at radius 2 is 1.87 bits per heavy atom. The summed E-state index contributed by atoms with van der Waals surface area (Å²) >= 11 is 0. The summed E-state index contributed by atoms with van der Waals surface area (Å²) in [6.07, 6.45) is 11.2. The van der Waals surface area contributed by atoms with E-state index in [4.69, 9.17) is 9.47 Å². The lowest BCUT2D eigenvalue weighted by Gasteiger charge is -2.35. The fraction of sp³-hybridized carbons (Fsp3) is 0.346. The maximum atomic E-state index is 13.3. The molecule has 2 aromatic rings. The number of carbonyl (C=O) groups excluding carboxylic acids is 1. The Morgan fingerprint density at radius 1 is 1.13 bits per heavy atom. The molecule has 0 aromatic heterocycles. The van der Waals surface area contributed by atoms with E-state index < -0.39 is 5.60 Å². The summed E-state index contributed by atoms with van der Waals surface area (Å²) in [6.45, 7) is 6.02. The number of piperidine rings is 1. The van der Waals surface area contributed by atoms with Gasteiger partial charge in [-0.25, -0.2) is 0 Å². The Bertz CT molecular complexity index is 983. The Balaban J connectivity index is 1.81. The Morgan fingerprint density at radius 3 is 2.57 bits per heavy atom. The van der Waals surface area contributed by atoms with Crippen molar-refractivity contribution >= 4 is 23.6 Å². The van der Waals surface area contributed by atoms with E-state index in [0.29, 0.717) is 17.1 Å². The minimum Gasteiger partial charge on any atom is -0.496 e. The van der Waals surface area contributed by atoms with Crippen LogP contribution in [0.15, 0.2) is 48.6 Å². The molecular weight excluding hydrogens is 374 g/mol. The van der Waals surface area contributed by atoms with Crippen LogP contribution in [0.25, 0.3) is 12.2 Å². The van der Waals surface area contributed by atoms with Crippen LogP contribution in [0.5, 0.6) is 11.5 Å². The van der Waals surface area contributed by atoms with E-state index in [1.807, 2.05) is 56.3 Å². The van der Waals surface area contributed by atoms with Crippen molar-refractivity contribution in [1.82, 2.24) is 0 Å². The van der Waals surface area contributed by atoms with Gasteiger partial charge in [0.2, 0.25) is 0 Å². The molecule has 1 saturated heterocycles. The average molecular weight is 404 g/mol. The van der Waals surface area contributed by atoms with Gasteiger partial charge >= 0.3 is 0 Å². The molecule has 0 saturated carbocycles. The van der Waals surface area contributed by atoms with Crippen molar-refractivity contribution in [3.8, 4) is 11.5 Å². The van der Waals surface area contributed by atoms with Crippen LogP contribution in [0.2, 0.25) is 0 Å². The second-order valence-corrected chi connectivity index (χ2v) is 8.41. The Kier molecular flexibility index (Phi) is 5.67. The molecule has 0 unspecified atom stereocenters. The quantitative estimate of drug-likeness (QED) is 0.470. The van der Waals surface area contributed by atoms with Crippen molar-refractivity contribution in [3.63, 3.8) is 0 Å². The molecule has 0 atom stereocenters. The number of hydrogen-bond acceptors (Lipinski definition) is 4. The first kappa shape index (κ1) is 20.3. The first-order valence-electron chi connectivity index (χ1n) is 10.6. The zero-order valence-electron chi connectivity index (χ0n) is 18.0. The Hall–Kier alpha value is -3.01. The van der Waals surface area contributed by atoms with Crippen LogP contribution in [-0.4, -0.2) is 31.6 Å². The molecular formula is C26H29NO3. The van der Waals surface area contributed by atoms with Crippen LogP contribution in [0.4, 0.5) is 5.69 Å². The highest BCUT2D eigenvalue weighted by atomic mass is 16.5. The summed E-state index contributed by atoms with van der Waals surface area (Å²) in [4.78, 5) is 15.7. The molecule has 0 amide bonds. The number of ether oxygens (including phenoxy) is 2. The van der Waals surface area contributed by atoms with Crippen molar-refractivity contribution in [2.75, 3.05) is 25.1 Å². The van der Waals surface area contributed by atoms with Crippen molar-refractivity contribution in [2.45, 2.75) is 38.7 Å². The topological polar surface area (TPSA) is 38.8 Å². The molecule has 0 bridgehead atoms. The number of anilines is 1. The van der Waals surface area contributed by atoms with Gasteiger partial charge in [0.1, 0.15) is 22.7 Å². The molecule has 1 fully saturated rings. The van der Waals surface area contributed by atoms with Crippen LogP contribution >= 0.6 is 0 Å². The summed E-state index contributed by atoms with van der Waals surface area (Å²) < 4.78 is 12.0. The summed E-state index contributed by atoms with van der Waals surface area (Å²) in [5.41, 5.74) is 3.02. The lowest BCUT2D eigenvalue weighted by molar-refractivity contribution is 0.103. The van der Waals surface area contributed by atoms with Gasteiger partial charge in [0.05, 0.1) is 12.8 Å². The zero-order chi connectivity index (χ0) is 21.1. The van der Waals surface area contributed by atoms with Gasteiger partial charge in [0, 0.05) is 24.7 Å². The molecule has 4 nitrogen and oxygen atoms in total. The normalized spacial score (nSPS) is 17.5. The lowest BCUT2D eigenvalue weighted by atomic mass is 9.94. The van der Waals surface area contributed by atoms with Crippen LogP contribution in [0, 0.1) is 0 Å². The minimum atomic E-state index is -0.489. The second kappa shape index (κ2) is 8.39. The molecule has 4 rings (SSSR count). The number of methoxy groups -OCH3 is 1. The fourth-order valence-electron chi connectivity index (χ4n) is 4.10. The number of rotatable bonds is 5. The van der Waals surface area contributed by atoms with E-state index in [0.717, 1.165) is 29.9 Å². The van der Waals surface area contributed by atoms with Crippen molar-refractivity contribution in [3.05, 3.63) is 65.2 Å². The standard InChI is InChI=1S/C26H29NO3/c1-26(2)15-14-20-21(27-16-8-5-9-17-27)18-23(29-3)24(25(20)30-26)22(28)13-12-19-10-6-4-7-11-19/h4,6-7,10-15,18H,5,8-9,16-17H2,1-3H3/b13-12+. The van der Waals surface area contributed by atoms with Gasteiger partial charge in [-0.15, -0.1) is 0 Å². The molecule has 2 heterocycles. The highest BCUT2D eigenvalue weighted by Gasteiger charge is 2.32. The van der Waals surface area contributed by atoms with E-state index >= 15 is 0 Å². The van der Waals surface area contributed by atoms with Gasteiger partial charge in [-0.05, 0) is 56.9 Å². The fourth-order valence-corrected chi connectivity index (χ4v) is 4.10. The van der Waals surface area contributed by atoms with Crippen LogP contribution in [0.3, 0.4) is 0 Å². The van der Waals surface area contributed by atoms with Gasteiger partial charge in [-0.1, -0.05) is 36.4 Å². The SMILES string of the molecule is COc1cc(N2CCCCC2)c2c(c1C(=O)/C=C/c1ccccc1)OC(C)(C)C=C2. The number of nitrogens with zero attached hydrogens (tertiary/aromatic N) is 1. The molecule has 2 aliphatic heterocycles. The summed E-state index contributed by atoms with van der Waals surface area (Å²) in [7, 11) is 1.61. The van der Waals surface area contributed by atoms with Crippen LogP contribution in [0.1, 0.15) is 54.6 Å². The van der Waals surface area contributed by atoms with E-state index in [9.17, 15) is 4.79 Å². The van der Waals surface area contributed by atoms with Gasteiger partial charge < -0.3 is 14.4 Å². The highest BCUT2D eigenvalue weighted by molar-refractivity contribution is 6.12.